The Morgan fingerprint density at radius 3 is 2.40 bits per heavy atom. The van der Waals surface area contributed by atoms with Gasteiger partial charge in [-0.05, 0) is 63.3 Å². The quantitative estimate of drug-likeness (QED) is 0.253. The molecule has 1 unspecified atom stereocenters. The molecule has 2 aliphatic rings. The summed E-state index contributed by atoms with van der Waals surface area (Å²) in [6.45, 7) is 5.96. The first-order valence-corrected chi connectivity index (χ1v) is 14.3. The monoisotopic (exact) mass is 581 g/mol. The number of aliphatic hydroxyl groups is 1. The maximum absolute atomic E-state index is 13.3. The highest BCUT2D eigenvalue weighted by atomic mass is 16.5. The molecule has 0 radical (unpaired) electrons. The van der Waals surface area contributed by atoms with Crippen LogP contribution in [0, 0.1) is 0 Å². The lowest BCUT2D eigenvalue weighted by Gasteiger charge is -2.29. The summed E-state index contributed by atoms with van der Waals surface area (Å²) >= 11 is 0. The summed E-state index contributed by atoms with van der Waals surface area (Å²) < 4.78 is 5.71. The van der Waals surface area contributed by atoms with E-state index in [1.807, 2.05) is 63.2 Å². The van der Waals surface area contributed by atoms with Crippen molar-refractivity contribution in [3.05, 3.63) is 65.7 Å². The minimum Gasteiger partial charge on any atom is -0.494 e. The fraction of sp³-hybridized carbons (Fsp3) is 0.484. The molecule has 0 aromatic heterocycles. The molecule has 2 aliphatic heterocycles. The molecule has 0 saturated heterocycles. The zero-order valence-electron chi connectivity index (χ0n) is 24.5. The van der Waals surface area contributed by atoms with E-state index >= 15 is 0 Å². The Balaban J connectivity index is 1.82. The van der Waals surface area contributed by atoms with Crippen LogP contribution in [0.5, 0.6) is 5.75 Å². The van der Waals surface area contributed by atoms with E-state index in [1.54, 1.807) is 12.1 Å². The van der Waals surface area contributed by atoms with Gasteiger partial charge < -0.3 is 36.8 Å². The lowest BCUT2D eigenvalue weighted by atomic mass is 9.99. The van der Waals surface area contributed by atoms with Gasteiger partial charge in [0.15, 0.2) is 0 Å². The lowest BCUT2D eigenvalue weighted by Crippen LogP contribution is -2.57. The number of aliphatic hydroxyl groups excluding tert-OH is 1. The van der Waals surface area contributed by atoms with Crippen molar-refractivity contribution in [3.8, 4) is 5.75 Å². The van der Waals surface area contributed by atoms with Crippen LogP contribution in [0.1, 0.15) is 51.2 Å². The molecular weight excluding hydrogens is 538 g/mol. The first-order valence-electron chi connectivity index (χ1n) is 14.3. The van der Waals surface area contributed by atoms with Crippen LogP contribution in [0.4, 0.5) is 0 Å². The van der Waals surface area contributed by atoms with Crippen molar-refractivity contribution < 1.29 is 29.0 Å². The molecule has 11 heteroatoms. The molecule has 2 heterocycles. The molecule has 0 spiro atoms. The summed E-state index contributed by atoms with van der Waals surface area (Å²) in [6, 6.07) is 14.1. The van der Waals surface area contributed by atoms with Gasteiger partial charge in [0.2, 0.25) is 23.6 Å². The molecule has 4 rings (SSSR count). The number of primary amides is 1. The van der Waals surface area contributed by atoms with Crippen LogP contribution in [-0.4, -0.2) is 71.7 Å². The molecular formula is C31H43N5O6. The minimum atomic E-state index is -1.20. The molecule has 4 atom stereocenters. The highest BCUT2D eigenvalue weighted by molar-refractivity contribution is 5.91. The van der Waals surface area contributed by atoms with Gasteiger partial charge in [-0.1, -0.05) is 42.5 Å². The average molecular weight is 582 g/mol. The molecule has 42 heavy (non-hydrogen) atoms. The smallest absolute Gasteiger partial charge is 0.243 e. The Kier molecular flexibility index (Phi) is 11.9. The van der Waals surface area contributed by atoms with E-state index in [-0.39, 0.29) is 25.3 Å². The number of benzene rings is 2. The van der Waals surface area contributed by atoms with Crippen LogP contribution in [0.2, 0.25) is 0 Å². The van der Waals surface area contributed by atoms with Gasteiger partial charge in [-0.25, -0.2) is 0 Å². The molecule has 4 amide bonds. The Bertz CT molecular complexity index is 1200. The molecule has 0 fully saturated rings. The zero-order chi connectivity index (χ0) is 30.7. The second-order valence-corrected chi connectivity index (χ2v) is 11.7. The van der Waals surface area contributed by atoms with E-state index in [4.69, 9.17) is 10.5 Å². The maximum Gasteiger partial charge on any atom is 0.243 e. The number of amides is 4. The number of carbonyl (C=O) groups is 4. The van der Waals surface area contributed by atoms with Crippen molar-refractivity contribution >= 4 is 23.6 Å². The standard InChI is InChI=1S/C31H43N5O6/c1-31(2,3)36-30(41)24(17-20-8-5-4-6-9-20)33-19-26(37)23-16-21-11-13-22(14-12-21)42-15-7-10-28(39)34-25(18-27(32)38)29(40)35-23/h4-6,8-9,11-14,23-26,33,37H,7,10,15-19H2,1-3H3,(H2,32,38)(H,34,39)(H,35,40)(H,36,41)/t23-,24-,25-,26?/m0/s1. The number of hydrogen-bond donors (Lipinski definition) is 6. The summed E-state index contributed by atoms with van der Waals surface area (Å²) in [6.07, 6.45) is -0.389. The van der Waals surface area contributed by atoms with Gasteiger partial charge >= 0.3 is 0 Å². The molecule has 2 bridgehead atoms. The third-order valence-corrected chi connectivity index (χ3v) is 6.72. The SMILES string of the molecule is CC(C)(C)NC(=O)[C@H](Cc1ccccc1)NCC(O)[C@@H]1Cc2ccc(cc2)OCCCC(=O)N[C@@H](CC(N)=O)C(=O)N1. The summed E-state index contributed by atoms with van der Waals surface area (Å²) in [4.78, 5) is 50.7. The van der Waals surface area contributed by atoms with Crippen molar-refractivity contribution in [2.75, 3.05) is 13.2 Å². The van der Waals surface area contributed by atoms with Crippen LogP contribution < -0.4 is 31.7 Å². The van der Waals surface area contributed by atoms with Crippen LogP contribution in [0.15, 0.2) is 54.6 Å². The van der Waals surface area contributed by atoms with Crippen LogP contribution >= 0.6 is 0 Å². The second kappa shape index (κ2) is 15.3. The third kappa shape index (κ3) is 11.1. The molecule has 2 aromatic carbocycles. The molecule has 0 saturated carbocycles. The van der Waals surface area contributed by atoms with Gasteiger partial charge in [0.25, 0.3) is 0 Å². The lowest BCUT2D eigenvalue weighted by molar-refractivity contribution is -0.132. The first kappa shape index (κ1) is 32.6. The van der Waals surface area contributed by atoms with Crippen LogP contribution in [0.3, 0.4) is 0 Å². The van der Waals surface area contributed by atoms with Crippen molar-refractivity contribution in [1.82, 2.24) is 21.3 Å². The molecule has 7 N–H and O–H groups in total. The highest BCUT2D eigenvalue weighted by Gasteiger charge is 2.30. The minimum absolute atomic E-state index is 0.0198. The van der Waals surface area contributed by atoms with Crippen molar-refractivity contribution in [2.24, 2.45) is 5.73 Å². The summed E-state index contributed by atoms with van der Waals surface area (Å²) in [5.74, 6) is -1.39. The Labute approximate surface area is 247 Å². The number of hydrogen-bond acceptors (Lipinski definition) is 7. The fourth-order valence-electron chi connectivity index (χ4n) is 4.61. The van der Waals surface area contributed by atoms with E-state index < -0.39 is 53.9 Å². The molecule has 228 valence electrons. The van der Waals surface area contributed by atoms with E-state index in [2.05, 4.69) is 21.3 Å². The number of carbonyl (C=O) groups excluding carboxylic acids is 4. The Morgan fingerprint density at radius 1 is 1.07 bits per heavy atom. The van der Waals surface area contributed by atoms with Crippen LogP contribution in [-0.2, 0) is 32.0 Å². The third-order valence-electron chi connectivity index (χ3n) is 6.72. The predicted octanol–water partition coefficient (Wildman–Crippen LogP) is 0.723. The topological polar surface area (TPSA) is 172 Å². The fourth-order valence-corrected chi connectivity index (χ4v) is 4.61. The van der Waals surface area contributed by atoms with Crippen molar-refractivity contribution in [3.63, 3.8) is 0 Å². The van der Waals surface area contributed by atoms with E-state index in [9.17, 15) is 24.3 Å². The number of nitrogens with two attached hydrogens (primary N) is 1. The van der Waals surface area contributed by atoms with Gasteiger partial charge in [0.05, 0.1) is 31.2 Å². The van der Waals surface area contributed by atoms with Crippen molar-refractivity contribution in [1.29, 1.82) is 0 Å². The Morgan fingerprint density at radius 2 is 1.76 bits per heavy atom. The summed E-state index contributed by atoms with van der Waals surface area (Å²) in [7, 11) is 0. The number of fused-ring (bicyclic) bond motifs is 12. The number of nitrogens with one attached hydrogen (secondary N) is 4. The predicted molar refractivity (Wildman–Crippen MR) is 158 cm³/mol. The van der Waals surface area contributed by atoms with Gasteiger partial charge in [-0.3, -0.25) is 19.2 Å². The highest BCUT2D eigenvalue weighted by Crippen LogP contribution is 2.16. The zero-order valence-corrected chi connectivity index (χ0v) is 24.5. The van der Waals surface area contributed by atoms with Gasteiger partial charge in [0, 0.05) is 18.5 Å². The Hall–Kier alpha value is -3.96. The molecule has 2 aromatic rings. The first-order chi connectivity index (χ1) is 19.9. The maximum atomic E-state index is 13.3. The average Bonchev–Trinajstić information content (AvgIpc) is 2.92. The second-order valence-electron chi connectivity index (χ2n) is 11.7. The van der Waals surface area contributed by atoms with E-state index in [1.165, 1.54) is 0 Å². The summed E-state index contributed by atoms with van der Waals surface area (Å²) in [5.41, 5.74) is 6.67. The molecule has 0 aliphatic carbocycles. The van der Waals surface area contributed by atoms with Crippen LogP contribution in [0.25, 0.3) is 0 Å². The van der Waals surface area contributed by atoms with Crippen molar-refractivity contribution in [2.45, 2.75) is 82.6 Å². The molecule has 11 nitrogen and oxygen atoms in total. The van der Waals surface area contributed by atoms with Gasteiger partial charge in [-0.2, -0.15) is 0 Å². The number of ether oxygens (including phenoxy) is 1. The van der Waals surface area contributed by atoms with Gasteiger partial charge in [-0.15, -0.1) is 0 Å². The van der Waals surface area contributed by atoms with E-state index in [0.29, 0.717) is 25.2 Å². The number of rotatable bonds is 9. The normalized spacial score (nSPS) is 19.7. The van der Waals surface area contributed by atoms with Gasteiger partial charge in [0.1, 0.15) is 11.8 Å². The largest absolute Gasteiger partial charge is 0.494 e. The summed E-state index contributed by atoms with van der Waals surface area (Å²) in [5, 5.41) is 22.9. The van der Waals surface area contributed by atoms with E-state index in [0.717, 1.165) is 11.1 Å².